The number of methoxy groups -OCH3 is 1. The van der Waals surface area contributed by atoms with Crippen molar-refractivity contribution in [3.63, 3.8) is 0 Å². The van der Waals surface area contributed by atoms with Gasteiger partial charge in [-0.2, -0.15) is 0 Å². The maximum atomic E-state index is 12.8. The van der Waals surface area contributed by atoms with Gasteiger partial charge in [-0.1, -0.05) is 12.1 Å². The lowest BCUT2D eigenvalue weighted by Gasteiger charge is -2.11. The highest BCUT2D eigenvalue weighted by atomic mass is 32.2. The second-order valence-electron chi connectivity index (χ2n) is 6.92. The quantitative estimate of drug-likeness (QED) is 0.499. The summed E-state index contributed by atoms with van der Waals surface area (Å²) in [5.41, 5.74) is 3.42. The van der Waals surface area contributed by atoms with Crippen LogP contribution in [0.25, 0.3) is 22.4 Å². The van der Waals surface area contributed by atoms with Gasteiger partial charge in [-0.3, -0.25) is 4.79 Å². The first kappa shape index (κ1) is 20.6. The highest BCUT2D eigenvalue weighted by Gasteiger charge is 2.18. The van der Waals surface area contributed by atoms with Crippen molar-refractivity contribution in [2.24, 2.45) is 12.2 Å². The van der Waals surface area contributed by atoms with Gasteiger partial charge in [0.2, 0.25) is 10.0 Å². The summed E-state index contributed by atoms with van der Waals surface area (Å²) in [6, 6.07) is 19.0. The topological polar surface area (TPSA) is 116 Å². The fourth-order valence-electron chi connectivity index (χ4n) is 3.35. The molecule has 0 saturated carbocycles. The molecule has 0 spiro atoms. The summed E-state index contributed by atoms with van der Waals surface area (Å²) in [6.07, 6.45) is 0. The van der Waals surface area contributed by atoms with Gasteiger partial charge in [0, 0.05) is 18.3 Å². The van der Waals surface area contributed by atoms with E-state index in [1.54, 1.807) is 12.1 Å². The second kappa shape index (κ2) is 7.86. The van der Waals surface area contributed by atoms with Crippen LogP contribution in [0.1, 0.15) is 10.4 Å². The van der Waals surface area contributed by atoms with E-state index in [0.29, 0.717) is 5.69 Å². The smallest absolute Gasteiger partial charge is 0.259 e. The first-order valence-corrected chi connectivity index (χ1v) is 10.9. The van der Waals surface area contributed by atoms with Gasteiger partial charge in [0.1, 0.15) is 11.6 Å². The first-order chi connectivity index (χ1) is 14.8. The van der Waals surface area contributed by atoms with Crippen molar-refractivity contribution in [1.29, 1.82) is 0 Å². The van der Waals surface area contributed by atoms with Crippen LogP contribution < -0.4 is 15.2 Å². The molecule has 0 fully saturated rings. The SMILES string of the molecule is COc1ccc(S(N)(=O)=O)cc1C(=O)Nc1ccc(-c2nc3ccccc3n2C)cc1. The van der Waals surface area contributed by atoms with Crippen LogP contribution in [0.4, 0.5) is 5.69 Å². The largest absolute Gasteiger partial charge is 0.496 e. The summed E-state index contributed by atoms with van der Waals surface area (Å²) in [5, 5.41) is 7.92. The number of nitrogens with zero attached hydrogens (tertiary/aromatic N) is 2. The molecule has 0 radical (unpaired) electrons. The van der Waals surface area contributed by atoms with Crippen LogP contribution in [0.15, 0.2) is 71.6 Å². The third-order valence-corrected chi connectivity index (χ3v) is 5.84. The van der Waals surface area contributed by atoms with E-state index in [2.05, 4.69) is 10.3 Å². The Bertz CT molecular complexity index is 1390. The van der Waals surface area contributed by atoms with Crippen molar-refractivity contribution in [3.8, 4) is 17.1 Å². The normalized spacial score (nSPS) is 11.5. The van der Waals surface area contributed by atoms with Crippen molar-refractivity contribution in [2.45, 2.75) is 4.90 Å². The second-order valence-corrected chi connectivity index (χ2v) is 8.48. The van der Waals surface area contributed by atoms with Gasteiger partial charge in [-0.25, -0.2) is 18.5 Å². The number of imidazole rings is 1. The number of sulfonamides is 1. The van der Waals surface area contributed by atoms with E-state index in [1.807, 2.05) is 48.0 Å². The number of primary sulfonamides is 1. The monoisotopic (exact) mass is 436 g/mol. The van der Waals surface area contributed by atoms with Crippen LogP contribution in [0, 0.1) is 0 Å². The number of fused-ring (bicyclic) bond motifs is 1. The number of anilines is 1. The Morgan fingerprint density at radius 1 is 1.06 bits per heavy atom. The number of amides is 1. The van der Waals surface area contributed by atoms with Gasteiger partial charge >= 0.3 is 0 Å². The molecule has 0 aliphatic rings. The first-order valence-electron chi connectivity index (χ1n) is 9.32. The van der Waals surface area contributed by atoms with Crippen LogP contribution in [-0.2, 0) is 17.1 Å². The minimum atomic E-state index is -3.95. The maximum absolute atomic E-state index is 12.8. The molecule has 8 nitrogen and oxygen atoms in total. The van der Waals surface area contributed by atoms with Crippen molar-refractivity contribution in [3.05, 3.63) is 72.3 Å². The molecule has 3 N–H and O–H groups in total. The van der Waals surface area contributed by atoms with Crippen LogP contribution in [0.5, 0.6) is 5.75 Å². The number of rotatable bonds is 5. The Morgan fingerprint density at radius 2 is 1.77 bits per heavy atom. The molecule has 0 atom stereocenters. The summed E-state index contributed by atoms with van der Waals surface area (Å²) in [5.74, 6) is 0.528. The molecule has 0 aliphatic carbocycles. The lowest BCUT2D eigenvalue weighted by atomic mass is 10.1. The summed E-state index contributed by atoms with van der Waals surface area (Å²) in [7, 11) is -0.606. The van der Waals surface area contributed by atoms with E-state index >= 15 is 0 Å². The minimum absolute atomic E-state index is 0.0634. The van der Waals surface area contributed by atoms with Crippen LogP contribution in [0.3, 0.4) is 0 Å². The molecule has 31 heavy (non-hydrogen) atoms. The number of carbonyl (C=O) groups excluding carboxylic acids is 1. The number of para-hydroxylation sites is 2. The number of aromatic nitrogens is 2. The molecule has 9 heteroatoms. The van der Waals surface area contributed by atoms with E-state index in [0.717, 1.165) is 22.4 Å². The number of benzene rings is 3. The Hall–Kier alpha value is -3.69. The van der Waals surface area contributed by atoms with Crippen molar-refractivity contribution in [2.75, 3.05) is 12.4 Å². The number of carbonyl (C=O) groups is 1. The van der Waals surface area contributed by atoms with Crippen molar-refractivity contribution < 1.29 is 17.9 Å². The van der Waals surface area contributed by atoms with Gasteiger partial charge in [0.05, 0.1) is 28.6 Å². The van der Waals surface area contributed by atoms with E-state index < -0.39 is 15.9 Å². The maximum Gasteiger partial charge on any atom is 0.259 e. The van der Waals surface area contributed by atoms with Crippen molar-refractivity contribution >= 4 is 32.7 Å². The molecular weight excluding hydrogens is 416 g/mol. The van der Waals surface area contributed by atoms with Gasteiger partial charge in [-0.05, 0) is 54.6 Å². The molecule has 0 unspecified atom stereocenters. The average molecular weight is 436 g/mol. The number of hydrogen-bond acceptors (Lipinski definition) is 5. The number of ether oxygens (including phenoxy) is 1. The number of hydrogen-bond donors (Lipinski definition) is 2. The Labute approximate surface area is 179 Å². The van der Waals surface area contributed by atoms with Crippen LogP contribution in [0.2, 0.25) is 0 Å². The van der Waals surface area contributed by atoms with E-state index in [9.17, 15) is 13.2 Å². The molecule has 3 aromatic carbocycles. The van der Waals surface area contributed by atoms with Crippen LogP contribution >= 0.6 is 0 Å². The lowest BCUT2D eigenvalue weighted by Crippen LogP contribution is -2.16. The van der Waals surface area contributed by atoms with Gasteiger partial charge in [0.25, 0.3) is 5.91 Å². The van der Waals surface area contributed by atoms with Gasteiger partial charge in [-0.15, -0.1) is 0 Å². The summed E-state index contributed by atoms with van der Waals surface area (Å²) in [6.45, 7) is 0. The van der Waals surface area contributed by atoms with E-state index in [-0.39, 0.29) is 16.2 Å². The fraction of sp³-hybridized carbons (Fsp3) is 0.0909. The highest BCUT2D eigenvalue weighted by molar-refractivity contribution is 7.89. The molecule has 4 rings (SSSR count). The summed E-state index contributed by atoms with van der Waals surface area (Å²) in [4.78, 5) is 17.3. The zero-order valence-corrected chi connectivity index (χ0v) is 17.7. The van der Waals surface area contributed by atoms with Crippen molar-refractivity contribution in [1.82, 2.24) is 9.55 Å². The molecule has 0 saturated heterocycles. The Morgan fingerprint density at radius 3 is 2.42 bits per heavy atom. The minimum Gasteiger partial charge on any atom is -0.496 e. The average Bonchev–Trinajstić information content (AvgIpc) is 3.10. The predicted octanol–water partition coefficient (Wildman–Crippen LogP) is 3.15. The lowest BCUT2D eigenvalue weighted by molar-refractivity contribution is 0.102. The zero-order valence-electron chi connectivity index (χ0n) is 16.9. The number of aryl methyl sites for hydroxylation is 1. The molecule has 158 valence electrons. The molecule has 0 aliphatic heterocycles. The third kappa shape index (κ3) is 4.00. The Kier molecular flexibility index (Phi) is 5.22. The molecule has 1 aromatic heterocycles. The predicted molar refractivity (Wildman–Crippen MR) is 118 cm³/mol. The fourth-order valence-corrected chi connectivity index (χ4v) is 3.89. The highest BCUT2D eigenvalue weighted by Crippen LogP contribution is 2.26. The van der Waals surface area contributed by atoms with Gasteiger partial charge in [0.15, 0.2) is 0 Å². The standard InChI is InChI=1S/C22H20N4O4S/c1-26-19-6-4-3-5-18(19)25-21(26)14-7-9-15(10-8-14)24-22(27)17-13-16(31(23,28)29)11-12-20(17)30-2/h3-13H,1-2H3,(H,24,27)(H2,23,28,29). The molecule has 4 aromatic rings. The van der Waals surface area contributed by atoms with E-state index in [1.165, 1.54) is 25.3 Å². The molecule has 1 amide bonds. The molecule has 1 heterocycles. The summed E-state index contributed by atoms with van der Waals surface area (Å²) < 4.78 is 30.4. The molecule has 0 bridgehead atoms. The zero-order chi connectivity index (χ0) is 22.2. The number of nitrogens with two attached hydrogens (primary N) is 1. The Balaban J connectivity index is 1.61. The van der Waals surface area contributed by atoms with Crippen LogP contribution in [-0.4, -0.2) is 31.0 Å². The number of nitrogens with one attached hydrogen (secondary N) is 1. The summed E-state index contributed by atoms with van der Waals surface area (Å²) >= 11 is 0. The van der Waals surface area contributed by atoms with Gasteiger partial charge < -0.3 is 14.6 Å². The molecular formula is C22H20N4O4S. The van der Waals surface area contributed by atoms with E-state index in [4.69, 9.17) is 9.88 Å². The third-order valence-electron chi connectivity index (χ3n) is 4.93.